The van der Waals surface area contributed by atoms with E-state index in [9.17, 15) is 0 Å². The summed E-state index contributed by atoms with van der Waals surface area (Å²) in [6.45, 7) is 2.17. The zero-order chi connectivity index (χ0) is 5.98. The molecule has 0 N–H and O–H groups in total. The summed E-state index contributed by atoms with van der Waals surface area (Å²) in [5, 5.41) is 3.56. The van der Waals surface area contributed by atoms with Crippen LogP contribution in [0.5, 0.6) is 0 Å². The molecule has 0 unspecified atom stereocenters. The van der Waals surface area contributed by atoms with Crippen LogP contribution in [0.1, 0.15) is 19.8 Å². The normalized spacial score (nSPS) is 35.1. The summed E-state index contributed by atoms with van der Waals surface area (Å²) in [4.78, 5) is 2.72. The third-order valence-electron chi connectivity index (χ3n) is 1.56. The topological polar surface area (TPSA) is 48.8 Å². The van der Waals surface area contributed by atoms with Crippen molar-refractivity contribution < 1.29 is 0 Å². The van der Waals surface area contributed by atoms with Gasteiger partial charge in [0.05, 0.1) is 0 Å². The van der Waals surface area contributed by atoms with E-state index in [0.717, 1.165) is 18.8 Å². The first-order valence-corrected chi connectivity index (χ1v) is 2.87. The lowest BCUT2D eigenvalue weighted by molar-refractivity contribution is 0.290. The quantitative estimate of drug-likeness (QED) is 0.282. The third kappa shape index (κ3) is 0.928. The van der Waals surface area contributed by atoms with Gasteiger partial charge in [-0.1, -0.05) is 12.0 Å². The van der Waals surface area contributed by atoms with Gasteiger partial charge in [0.1, 0.15) is 0 Å². The maximum Gasteiger partial charge on any atom is 0.0379 e. The van der Waals surface area contributed by atoms with Gasteiger partial charge in [-0.2, -0.15) is 0 Å². The van der Waals surface area contributed by atoms with Gasteiger partial charge < -0.3 is 0 Å². The van der Waals surface area contributed by atoms with Crippen LogP contribution in [0.25, 0.3) is 10.4 Å². The Labute approximate surface area is 48.3 Å². The highest BCUT2D eigenvalue weighted by atomic mass is 15.2. The Kier molecular flexibility index (Phi) is 1.40. The molecule has 1 saturated carbocycles. The highest BCUT2D eigenvalue weighted by Gasteiger charge is 2.23. The first kappa shape index (κ1) is 5.45. The van der Waals surface area contributed by atoms with Crippen LogP contribution in [-0.4, -0.2) is 6.04 Å². The Balaban J connectivity index is 2.25. The van der Waals surface area contributed by atoms with Crippen molar-refractivity contribution in [3.8, 4) is 0 Å². The molecule has 0 aromatic heterocycles. The maximum atomic E-state index is 7.95. The van der Waals surface area contributed by atoms with Crippen LogP contribution in [0.2, 0.25) is 0 Å². The lowest BCUT2D eigenvalue weighted by Crippen LogP contribution is -2.23. The highest BCUT2D eigenvalue weighted by Crippen LogP contribution is 2.28. The fraction of sp³-hybridized carbons (Fsp3) is 1.00. The van der Waals surface area contributed by atoms with Crippen molar-refractivity contribution >= 4 is 0 Å². The van der Waals surface area contributed by atoms with Crippen molar-refractivity contribution in [2.45, 2.75) is 25.8 Å². The van der Waals surface area contributed by atoms with E-state index in [-0.39, 0.29) is 0 Å². The molecule has 0 radical (unpaired) electrons. The monoisotopic (exact) mass is 111 g/mol. The van der Waals surface area contributed by atoms with Crippen molar-refractivity contribution in [3.63, 3.8) is 0 Å². The number of rotatable bonds is 1. The van der Waals surface area contributed by atoms with Gasteiger partial charge in [-0.25, -0.2) is 0 Å². The van der Waals surface area contributed by atoms with Crippen molar-refractivity contribution in [1.29, 1.82) is 0 Å². The first-order chi connectivity index (χ1) is 3.83. The molecule has 44 valence electrons. The van der Waals surface area contributed by atoms with Crippen molar-refractivity contribution in [1.82, 2.24) is 0 Å². The van der Waals surface area contributed by atoms with Crippen LogP contribution >= 0.6 is 0 Å². The second-order valence-electron chi connectivity index (χ2n) is 2.44. The molecule has 0 amide bonds. The molecule has 8 heavy (non-hydrogen) atoms. The lowest BCUT2D eigenvalue weighted by atomic mass is 9.83. The van der Waals surface area contributed by atoms with E-state index in [2.05, 4.69) is 16.9 Å². The van der Waals surface area contributed by atoms with Crippen LogP contribution in [0, 0.1) is 5.92 Å². The highest BCUT2D eigenvalue weighted by molar-refractivity contribution is 4.81. The minimum atomic E-state index is 0.315. The Hall–Kier alpha value is -0.690. The van der Waals surface area contributed by atoms with Crippen molar-refractivity contribution in [2.24, 2.45) is 11.0 Å². The van der Waals surface area contributed by atoms with Gasteiger partial charge >= 0.3 is 0 Å². The summed E-state index contributed by atoms with van der Waals surface area (Å²) >= 11 is 0. The SMILES string of the molecule is CC1CC(N=[N+]=[N-])C1. The lowest BCUT2D eigenvalue weighted by Gasteiger charge is -2.28. The maximum absolute atomic E-state index is 7.95. The van der Waals surface area contributed by atoms with Crippen LogP contribution in [0.4, 0.5) is 0 Å². The molecule has 1 aliphatic rings. The molecule has 0 atom stereocenters. The van der Waals surface area contributed by atoms with Crippen molar-refractivity contribution in [3.05, 3.63) is 10.4 Å². The fourth-order valence-corrected chi connectivity index (χ4v) is 1.03. The van der Waals surface area contributed by atoms with Gasteiger partial charge in [0.15, 0.2) is 0 Å². The molecule has 0 spiro atoms. The van der Waals surface area contributed by atoms with Gasteiger partial charge in [0.25, 0.3) is 0 Å². The largest absolute Gasteiger partial charge is 0.0906 e. The zero-order valence-corrected chi connectivity index (χ0v) is 4.91. The molecule has 0 bridgehead atoms. The fourth-order valence-electron chi connectivity index (χ4n) is 1.03. The molecule has 3 heteroatoms. The Morgan fingerprint density at radius 3 is 2.62 bits per heavy atom. The van der Waals surface area contributed by atoms with Gasteiger partial charge in [-0.3, -0.25) is 0 Å². The van der Waals surface area contributed by atoms with E-state index in [1.54, 1.807) is 0 Å². The summed E-state index contributed by atoms with van der Waals surface area (Å²) in [6.07, 6.45) is 2.17. The summed E-state index contributed by atoms with van der Waals surface area (Å²) in [5.41, 5.74) is 7.95. The van der Waals surface area contributed by atoms with E-state index < -0.39 is 0 Å². The second kappa shape index (κ2) is 2.05. The molecule has 1 aliphatic carbocycles. The molecule has 0 saturated heterocycles. The smallest absolute Gasteiger partial charge is 0.0379 e. The predicted molar refractivity (Wildman–Crippen MR) is 31.3 cm³/mol. The van der Waals surface area contributed by atoms with Crippen LogP contribution in [-0.2, 0) is 0 Å². The number of azide groups is 1. The molecular weight excluding hydrogens is 102 g/mol. The number of hydrogen-bond acceptors (Lipinski definition) is 1. The summed E-state index contributed by atoms with van der Waals surface area (Å²) < 4.78 is 0. The third-order valence-corrected chi connectivity index (χ3v) is 1.56. The first-order valence-electron chi connectivity index (χ1n) is 2.87. The van der Waals surface area contributed by atoms with E-state index >= 15 is 0 Å². The standard InChI is InChI=1S/C5H9N3/c1-4-2-5(3-4)7-8-6/h4-5H,2-3H2,1H3. The van der Waals surface area contributed by atoms with E-state index in [0.29, 0.717) is 6.04 Å². The van der Waals surface area contributed by atoms with E-state index in [1.807, 2.05) is 0 Å². The zero-order valence-electron chi connectivity index (χ0n) is 4.91. The van der Waals surface area contributed by atoms with E-state index in [1.165, 1.54) is 0 Å². The second-order valence-corrected chi connectivity index (χ2v) is 2.44. The molecule has 0 heterocycles. The van der Waals surface area contributed by atoms with Crippen LogP contribution in [0.15, 0.2) is 5.11 Å². The van der Waals surface area contributed by atoms with Gasteiger partial charge in [0, 0.05) is 11.0 Å². The minimum absolute atomic E-state index is 0.315. The number of hydrogen-bond donors (Lipinski definition) is 0. The molecule has 0 aliphatic heterocycles. The molecule has 1 fully saturated rings. The number of nitrogens with zero attached hydrogens (tertiary/aromatic N) is 3. The minimum Gasteiger partial charge on any atom is -0.0906 e. The summed E-state index contributed by atoms with van der Waals surface area (Å²) in [6, 6.07) is 0.315. The van der Waals surface area contributed by atoms with Crippen LogP contribution in [0.3, 0.4) is 0 Å². The summed E-state index contributed by atoms with van der Waals surface area (Å²) in [5.74, 6) is 0.783. The van der Waals surface area contributed by atoms with Crippen LogP contribution < -0.4 is 0 Å². The molecular formula is C5H9N3. The Morgan fingerprint density at radius 1 is 1.62 bits per heavy atom. The predicted octanol–water partition coefficient (Wildman–Crippen LogP) is 2.10. The molecule has 0 aromatic carbocycles. The average Bonchev–Trinajstić information content (AvgIpc) is 1.64. The van der Waals surface area contributed by atoms with Gasteiger partial charge in [-0.15, -0.1) is 0 Å². The van der Waals surface area contributed by atoms with Crippen molar-refractivity contribution in [2.75, 3.05) is 0 Å². The van der Waals surface area contributed by atoms with Gasteiger partial charge in [-0.05, 0) is 24.3 Å². The van der Waals surface area contributed by atoms with Gasteiger partial charge in [0.2, 0.25) is 0 Å². The Bertz CT molecular complexity index is 120. The summed E-state index contributed by atoms with van der Waals surface area (Å²) in [7, 11) is 0. The molecule has 0 aromatic rings. The molecule has 3 nitrogen and oxygen atoms in total. The Morgan fingerprint density at radius 2 is 2.25 bits per heavy atom. The average molecular weight is 111 g/mol. The molecule has 1 rings (SSSR count). The van der Waals surface area contributed by atoms with E-state index in [4.69, 9.17) is 5.53 Å².